The number of hydrogen-bond donors (Lipinski definition) is 2. The lowest BCUT2D eigenvalue weighted by Gasteiger charge is -2.48. The van der Waals surface area contributed by atoms with E-state index in [2.05, 4.69) is 25.3 Å². The Morgan fingerprint density at radius 1 is 1.43 bits per heavy atom. The Bertz CT molecular complexity index is 675. The van der Waals surface area contributed by atoms with Gasteiger partial charge in [0.05, 0.1) is 24.1 Å². The van der Waals surface area contributed by atoms with Crippen molar-refractivity contribution in [2.24, 2.45) is 0 Å². The number of H-pyrrole nitrogens is 1. The third-order valence-electron chi connectivity index (χ3n) is 4.76. The van der Waals surface area contributed by atoms with Gasteiger partial charge < -0.3 is 19.6 Å². The first-order valence-corrected chi connectivity index (χ1v) is 7.84. The van der Waals surface area contributed by atoms with E-state index in [9.17, 15) is 4.79 Å². The van der Waals surface area contributed by atoms with Crippen molar-refractivity contribution in [3.05, 3.63) is 30.0 Å². The fourth-order valence-electron chi connectivity index (χ4n) is 3.65. The van der Waals surface area contributed by atoms with Crippen LogP contribution in [0.15, 0.2) is 23.2 Å². The van der Waals surface area contributed by atoms with E-state index >= 15 is 0 Å². The Kier molecular flexibility index (Phi) is 3.62. The van der Waals surface area contributed by atoms with Crippen molar-refractivity contribution in [3.63, 3.8) is 0 Å². The number of carbonyl (C=O) groups excluding carboxylic acids is 1. The van der Waals surface area contributed by atoms with E-state index in [0.717, 1.165) is 31.5 Å². The molecule has 8 heteroatoms. The molecule has 2 aliphatic heterocycles. The summed E-state index contributed by atoms with van der Waals surface area (Å²) in [6.07, 6.45) is 5.76. The van der Waals surface area contributed by atoms with Gasteiger partial charge in [-0.05, 0) is 12.8 Å². The molecule has 2 N–H and O–H groups in total. The Labute approximate surface area is 133 Å². The predicted octanol–water partition coefficient (Wildman–Crippen LogP) is 0.900. The first-order valence-electron chi connectivity index (χ1n) is 7.84. The molecule has 0 atom stereocenters. The Balaban J connectivity index is 1.56. The number of fused-ring (bicyclic) bond motifs is 2. The molecule has 0 unspecified atom stereocenters. The van der Waals surface area contributed by atoms with Crippen molar-refractivity contribution in [1.29, 1.82) is 0 Å². The zero-order chi connectivity index (χ0) is 15.7. The molecule has 23 heavy (non-hydrogen) atoms. The van der Waals surface area contributed by atoms with Crippen molar-refractivity contribution in [2.45, 2.75) is 24.8 Å². The second-order valence-electron chi connectivity index (χ2n) is 5.98. The molecule has 1 spiro atoms. The highest BCUT2D eigenvalue weighted by molar-refractivity contribution is 5.91. The third-order valence-corrected chi connectivity index (χ3v) is 4.76. The fraction of sp³-hybridized carbons (Fsp3) is 0.533. The highest BCUT2D eigenvalue weighted by Crippen LogP contribution is 2.41. The minimum Gasteiger partial charge on any atom is -0.381 e. The normalized spacial score (nSPS) is 20.3. The number of rotatable bonds is 3. The van der Waals surface area contributed by atoms with E-state index in [1.807, 2.05) is 0 Å². The van der Waals surface area contributed by atoms with Gasteiger partial charge in [-0.25, -0.2) is 4.98 Å². The van der Waals surface area contributed by atoms with Gasteiger partial charge >= 0.3 is 0 Å². The molecule has 2 aliphatic rings. The van der Waals surface area contributed by atoms with Crippen molar-refractivity contribution in [3.8, 4) is 0 Å². The molecule has 1 saturated heterocycles. The summed E-state index contributed by atoms with van der Waals surface area (Å²) in [5.74, 6) is 0.345. The third kappa shape index (κ3) is 2.53. The van der Waals surface area contributed by atoms with Crippen LogP contribution in [0.3, 0.4) is 0 Å². The summed E-state index contributed by atoms with van der Waals surface area (Å²) in [6, 6.07) is 1.63. The first-order chi connectivity index (χ1) is 11.3. The van der Waals surface area contributed by atoms with E-state index in [-0.39, 0.29) is 11.4 Å². The SMILES string of the molecule is O=C(CN1CCc2[nH]cnc2C12CCOCC2)Nc1ccon1. The highest BCUT2D eigenvalue weighted by atomic mass is 16.5. The number of anilines is 1. The van der Waals surface area contributed by atoms with Gasteiger partial charge in [-0.15, -0.1) is 0 Å². The van der Waals surface area contributed by atoms with Crippen LogP contribution >= 0.6 is 0 Å². The van der Waals surface area contributed by atoms with Crippen LogP contribution < -0.4 is 5.32 Å². The smallest absolute Gasteiger partial charge is 0.239 e. The van der Waals surface area contributed by atoms with Crippen LogP contribution in [0.4, 0.5) is 5.82 Å². The number of nitrogens with zero attached hydrogens (tertiary/aromatic N) is 3. The predicted molar refractivity (Wildman–Crippen MR) is 80.7 cm³/mol. The van der Waals surface area contributed by atoms with E-state index in [1.165, 1.54) is 12.0 Å². The van der Waals surface area contributed by atoms with Crippen molar-refractivity contribution < 1.29 is 14.1 Å². The molecule has 0 saturated carbocycles. The number of hydrogen-bond acceptors (Lipinski definition) is 6. The van der Waals surface area contributed by atoms with Gasteiger partial charge in [0.15, 0.2) is 5.82 Å². The Morgan fingerprint density at radius 3 is 3.09 bits per heavy atom. The van der Waals surface area contributed by atoms with Gasteiger partial charge in [-0.3, -0.25) is 9.69 Å². The minimum atomic E-state index is -0.215. The molecular formula is C15H19N5O3. The van der Waals surface area contributed by atoms with Gasteiger partial charge in [0.25, 0.3) is 0 Å². The Morgan fingerprint density at radius 2 is 2.30 bits per heavy atom. The lowest BCUT2D eigenvalue weighted by atomic mass is 9.80. The highest BCUT2D eigenvalue weighted by Gasteiger charge is 2.46. The molecule has 0 aromatic carbocycles. The molecule has 1 amide bonds. The molecule has 0 radical (unpaired) electrons. The largest absolute Gasteiger partial charge is 0.381 e. The molecular weight excluding hydrogens is 298 g/mol. The Hall–Kier alpha value is -2.19. The second kappa shape index (κ2) is 5.78. The lowest BCUT2D eigenvalue weighted by molar-refractivity contribution is -0.121. The van der Waals surface area contributed by atoms with Crippen molar-refractivity contribution in [1.82, 2.24) is 20.0 Å². The van der Waals surface area contributed by atoms with Crippen LogP contribution in [0.2, 0.25) is 0 Å². The topological polar surface area (TPSA) is 96.3 Å². The molecule has 8 nitrogen and oxygen atoms in total. The maximum absolute atomic E-state index is 12.4. The van der Waals surface area contributed by atoms with Crippen LogP contribution in [0.25, 0.3) is 0 Å². The number of aromatic amines is 1. The summed E-state index contributed by atoms with van der Waals surface area (Å²) >= 11 is 0. The minimum absolute atomic E-state index is 0.0937. The summed E-state index contributed by atoms with van der Waals surface area (Å²) in [7, 11) is 0. The van der Waals surface area contributed by atoms with Gasteiger partial charge in [0, 0.05) is 37.9 Å². The average molecular weight is 317 g/mol. The lowest BCUT2D eigenvalue weighted by Crippen LogP contribution is -2.55. The molecule has 4 rings (SSSR count). The number of ether oxygens (including phenoxy) is 1. The molecule has 122 valence electrons. The monoisotopic (exact) mass is 317 g/mol. The van der Waals surface area contributed by atoms with E-state index in [4.69, 9.17) is 9.26 Å². The summed E-state index contributed by atoms with van der Waals surface area (Å²) in [5.41, 5.74) is 2.04. The fourth-order valence-corrected chi connectivity index (χ4v) is 3.65. The van der Waals surface area contributed by atoms with Gasteiger partial charge in [-0.2, -0.15) is 0 Å². The van der Waals surface area contributed by atoms with Crippen molar-refractivity contribution >= 4 is 11.7 Å². The zero-order valence-corrected chi connectivity index (χ0v) is 12.7. The van der Waals surface area contributed by atoms with Gasteiger partial charge in [0.1, 0.15) is 6.26 Å². The molecule has 1 fully saturated rings. The molecule has 0 bridgehead atoms. The zero-order valence-electron chi connectivity index (χ0n) is 12.7. The summed E-state index contributed by atoms with van der Waals surface area (Å²) in [5, 5.41) is 6.48. The molecule has 2 aromatic heterocycles. The van der Waals surface area contributed by atoms with E-state index in [1.54, 1.807) is 12.4 Å². The number of amides is 1. The number of aromatic nitrogens is 3. The summed E-state index contributed by atoms with van der Waals surface area (Å²) < 4.78 is 10.3. The second-order valence-corrected chi connectivity index (χ2v) is 5.98. The standard InChI is InChI=1S/C15H19N5O3/c21-13(18-12-2-6-23-19-12)9-20-5-1-11-14(17-10-16-11)15(20)3-7-22-8-4-15/h2,6,10H,1,3-5,7-9H2,(H,16,17)(H,18,19,21). The van der Waals surface area contributed by atoms with Crippen molar-refractivity contribution in [2.75, 3.05) is 31.6 Å². The quantitative estimate of drug-likeness (QED) is 0.873. The van der Waals surface area contributed by atoms with E-state index < -0.39 is 0 Å². The first kappa shape index (κ1) is 14.4. The molecule has 0 aliphatic carbocycles. The summed E-state index contributed by atoms with van der Waals surface area (Å²) in [6.45, 7) is 2.50. The van der Waals surface area contributed by atoms with Gasteiger partial charge in [0.2, 0.25) is 5.91 Å². The number of nitrogens with one attached hydrogen (secondary N) is 2. The van der Waals surface area contributed by atoms with Crippen LogP contribution in [0.5, 0.6) is 0 Å². The van der Waals surface area contributed by atoms with Crippen LogP contribution in [0.1, 0.15) is 24.2 Å². The maximum atomic E-state index is 12.4. The molecule has 4 heterocycles. The van der Waals surface area contributed by atoms with E-state index in [0.29, 0.717) is 25.6 Å². The van der Waals surface area contributed by atoms with Crippen LogP contribution in [-0.2, 0) is 21.5 Å². The molecule has 2 aromatic rings. The summed E-state index contributed by atoms with van der Waals surface area (Å²) in [4.78, 5) is 22.4. The van der Waals surface area contributed by atoms with Gasteiger partial charge in [-0.1, -0.05) is 5.16 Å². The van der Waals surface area contributed by atoms with Crippen LogP contribution in [-0.4, -0.2) is 52.2 Å². The maximum Gasteiger partial charge on any atom is 0.239 e. The average Bonchev–Trinajstić information content (AvgIpc) is 3.23. The number of carbonyl (C=O) groups is 1. The van der Waals surface area contributed by atoms with Crippen LogP contribution in [0, 0.1) is 0 Å². The number of imidazole rings is 1.